The average molecular weight is 256 g/mol. The lowest BCUT2D eigenvalue weighted by molar-refractivity contribution is -0.192. The van der Waals surface area contributed by atoms with Crippen LogP contribution in [0, 0.1) is 0 Å². The Morgan fingerprint density at radius 3 is 2.56 bits per heavy atom. The van der Waals surface area contributed by atoms with Crippen LogP contribution in [0.1, 0.15) is 39.0 Å². The highest BCUT2D eigenvalue weighted by molar-refractivity contribution is 4.71. The zero-order chi connectivity index (χ0) is 12.6. The highest BCUT2D eigenvalue weighted by Crippen LogP contribution is 2.22. The van der Waals surface area contributed by atoms with Gasteiger partial charge in [-0.1, -0.05) is 26.2 Å². The molecule has 1 heterocycles. The summed E-state index contributed by atoms with van der Waals surface area (Å²) in [5.41, 5.74) is 0. The van der Waals surface area contributed by atoms with Crippen LogP contribution in [0.5, 0.6) is 0 Å². The van der Waals surface area contributed by atoms with Gasteiger partial charge in [-0.25, -0.2) is 0 Å². The third kappa shape index (κ3) is 4.50. The standard InChI is InChI=1S/C14H28N2O2/c1-2-16(14-6-4-3-5-7-14)18-13-10-15-8-11-17-12-9-15/h14H,2-13H2,1H3. The Morgan fingerprint density at radius 1 is 1.17 bits per heavy atom. The van der Waals surface area contributed by atoms with Gasteiger partial charge in [0.25, 0.3) is 0 Å². The summed E-state index contributed by atoms with van der Waals surface area (Å²) in [5.74, 6) is 0. The molecular weight excluding hydrogens is 228 g/mol. The number of hydroxylamine groups is 2. The number of rotatable bonds is 6. The van der Waals surface area contributed by atoms with Gasteiger partial charge in [0, 0.05) is 32.2 Å². The average Bonchev–Trinajstić information content (AvgIpc) is 2.46. The van der Waals surface area contributed by atoms with Gasteiger partial charge in [-0.15, -0.1) is 0 Å². The molecule has 0 amide bonds. The minimum absolute atomic E-state index is 0.661. The van der Waals surface area contributed by atoms with Gasteiger partial charge in [0.05, 0.1) is 19.8 Å². The predicted octanol–water partition coefficient (Wildman–Crippen LogP) is 1.90. The molecule has 2 fully saturated rings. The molecular formula is C14H28N2O2. The molecule has 0 atom stereocenters. The van der Waals surface area contributed by atoms with Crippen molar-refractivity contribution in [2.45, 2.75) is 45.1 Å². The predicted molar refractivity (Wildman–Crippen MR) is 72.5 cm³/mol. The maximum Gasteiger partial charge on any atom is 0.0812 e. The lowest BCUT2D eigenvalue weighted by Crippen LogP contribution is -2.41. The van der Waals surface area contributed by atoms with Crippen LogP contribution in [0.4, 0.5) is 0 Å². The molecule has 18 heavy (non-hydrogen) atoms. The fourth-order valence-corrected chi connectivity index (χ4v) is 2.94. The van der Waals surface area contributed by atoms with E-state index in [2.05, 4.69) is 16.9 Å². The van der Waals surface area contributed by atoms with Gasteiger partial charge in [-0.2, -0.15) is 5.06 Å². The van der Waals surface area contributed by atoms with Crippen molar-refractivity contribution in [3.8, 4) is 0 Å². The normalized spacial score (nSPS) is 23.7. The van der Waals surface area contributed by atoms with E-state index in [9.17, 15) is 0 Å². The van der Waals surface area contributed by atoms with Crippen molar-refractivity contribution in [2.75, 3.05) is 46.0 Å². The van der Waals surface area contributed by atoms with Gasteiger partial charge in [-0.3, -0.25) is 9.74 Å². The smallest absolute Gasteiger partial charge is 0.0812 e. The van der Waals surface area contributed by atoms with Crippen LogP contribution in [0.15, 0.2) is 0 Å². The summed E-state index contributed by atoms with van der Waals surface area (Å²) in [4.78, 5) is 8.41. The van der Waals surface area contributed by atoms with E-state index in [1.165, 1.54) is 32.1 Å². The van der Waals surface area contributed by atoms with Crippen molar-refractivity contribution in [1.82, 2.24) is 9.96 Å². The van der Waals surface area contributed by atoms with Gasteiger partial charge in [0.1, 0.15) is 0 Å². The Labute approximate surface area is 111 Å². The van der Waals surface area contributed by atoms with Crippen LogP contribution in [-0.4, -0.2) is 62.0 Å². The van der Waals surface area contributed by atoms with Crippen molar-refractivity contribution in [2.24, 2.45) is 0 Å². The molecule has 106 valence electrons. The molecule has 0 unspecified atom stereocenters. The van der Waals surface area contributed by atoms with Crippen LogP contribution in [-0.2, 0) is 9.57 Å². The second-order valence-electron chi connectivity index (χ2n) is 5.31. The molecule has 0 aromatic rings. The molecule has 2 rings (SSSR count). The van der Waals surface area contributed by atoms with E-state index >= 15 is 0 Å². The molecule has 4 nitrogen and oxygen atoms in total. The SMILES string of the molecule is CCN(OCCN1CCOCC1)C1CCCCC1. The first-order chi connectivity index (χ1) is 8.90. The first-order valence-corrected chi connectivity index (χ1v) is 7.60. The van der Waals surface area contributed by atoms with Crippen LogP contribution < -0.4 is 0 Å². The topological polar surface area (TPSA) is 24.9 Å². The Balaban J connectivity index is 1.63. The number of hydrogen-bond donors (Lipinski definition) is 0. The summed E-state index contributed by atoms with van der Waals surface area (Å²) in [5, 5.41) is 2.22. The Morgan fingerprint density at radius 2 is 1.89 bits per heavy atom. The Kier molecular flexibility index (Phi) is 6.41. The van der Waals surface area contributed by atoms with Gasteiger partial charge in [0.15, 0.2) is 0 Å². The molecule has 1 aliphatic heterocycles. The molecule has 1 saturated heterocycles. The van der Waals surface area contributed by atoms with Crippen molar-refractivity contribution >= 4 is 0 Å². The van der Waals surface area contributed by atoms with Crippen molar-refractivity contribution < 1.29 is 9.57 Å². The highest BCUT2D eigenvalue weighted by Gasteiger charge is 2.20. The largest absolute Gasteiger partial charge is 0.379 e. The number of morpholine rings is 1. The summed E-state index contributed by atoms with van der Waals surface area (Å²) >= 11 is 0. The fraction of sp³-hybridized carbons (Fsp3) is 1.00. The van der Waals surface area contributed by atoms with Gasteiger partial charge >= 0.3 is 0 Å². The molecule has 2 aliphatic rings. The summed E-state index contributed by atoms with van der Waals surface area (Å²) in [7, 11) is 0. The number of hydrogen-bond acceptors (Lipinski definition) is 4. The van der Waals surface area contributed by atoms with Crippen LogP contribution in [0.2, 0.25) is 0 Å². The molecule has 0 bridgehead atoms. The van der Waals surface area contributed by atoms with E-state index in [4.69, 9.17) is 9.57 Å². The Bertz CT molecular complexity index is 214. The van der Waals surface area contributed by atoms with Crippen LogP contribution in [0.25, 0.3) is 0 Å². The first kappa shape index (κ1) is 14.3. The first-order valence-electron chi connectivity index (χ1n) is 7.60. The summed E-state index contributed by atoms with van der Waals surface area (Å²) in [6.45, 7) is 8.92. The quantitative estimate of drug-likeness (QED) is 0.678. The summed E-state index contributed by atoms with van der Waals surface area (Å²) < 4.78 is 5.35. The fourth-order valence-electron chi connectivity index (χ4n) is 2.94. The molecule has 4 heteroatoms. The lowest BCUT2D eigenvalue weighted by atomic mass is 9.95. The lowest BCUT2D eigenvalue weighted by Gasteiger charge is -2.33. The van der Waals surface area contributed by atoms with E-state index in [1.807, 2.05) is 0 Å². The monoisotopic (exact) mass is 256 g/mol. The van der Waals surface area contributed by atoms with E-state index < -0.39 is 0 Å². The molecule has 0 radical (unpaired) electrons. The minimum Gasteiger partial charge on any atom is -0.379 e. The molecule has 1 aliphatic carbocycles. The van der Waals surface area contributed by atoms with E-state index in [0.717, 1.165) is 46.0 Å². The number of nitrogens with zero attached hydrogens (tertiary/aromatic N) is 2. The van der Waals surface area contributed by atoms with Crippen molar-refractivity contribution in [3.05, 3.63) is 0 Å². The van der Waals surface area contributed by atoms with Gasteiger partial charge in [-0.05, 0) is 12.8 Å². The van der Waals surface area contributed by atoms with Crippen LogP contribution in [0.3, 0.4) is 0 Å². The zero-order valence-electron chi connectivity index (χ0n) is 11.8. The van der Waals surface area contributed by atoms with Crippen molar-refractivity contribution in [1.29, 1.82) is 0 Å². The molecule has 0 aromatic carbocycles. The zero-order valence-corrected chi connectivity index (χ0v) is 11.8. The molecule has 0 spiro atoms. The minimum atomic E-state index is 0.661. The van der Waals surface area contributed by atoms with Crippen molar-refractivity contribution in [3.63, 3.8) is 0 Å². The van der Waals surface area contributed by atoms with Gasteiger partial charge < -0.3 is 4.74 Å². The second-order valence-corrected chi connectivity index (χ2v) is 5.31. The van der Waals surface area contributed by atoms with E-state index in [1.54, 1.807) is 0 Å². The summed E-state index contributed by atoms with van der Waals surface area (Å²) in [6, 6.07) is 0.661. The molecule has 0 aromatic heterocycles. The van der Waals surface area contributed by atoms with Crippen LogP contribution >= 0.6 is 0 Å². The molecule has 1 saturated carbocycles. The molecule has 0 N–H and O–H groups in total. The third-order valence-electron chi connectivity index (χ3n) is 4.06. The van der Waals surface area contributed by atoms with Gasteiger partial charge in [0.2, 0.25) is 0 Å². The summed E-state index contributed by atoms with van der Waals surface area (Å²) in [6.07, 6.45) is 6.76. The number of ether oxygens (including phenoxy) is 1. The van der Waals surface area contributed by atoms with E-state index in [-0.39, 0.29) is 0 Å². The van der Waals surface area contributed by atoms with E-state index in [0.29, 0.717) is 6.04 Å². The highest BCUT2D eigenvalue weighted by atomic mass is 16.7. The second kappa shape index (κ2) is 8.10. The maximum atomic E-state index is 5.98. The Hall–Kier alpha value is -0.160. The third-order valence-corrected chi connectivity index (χ3v) is 4.06. The maximum absolute atomic E-state index is 5.98.